The van der Waals surface area contributed by atoms with Gasteiger partial charge in [0.05, 0.1) is 0 Å². The number of ether oxygens (including phenoxy) is 1. The van der Waals surface area contributed by atoms with Crippen LogP contribution in [0.15, 0.2) is 28.7 Å². The van der Waals surface area contributed by atoms with Crippen LogP contribution in [-0.2, 0) is 12.0 Å². The molecule has 0 atom stereocenters. The average Bonchev–Trinajstić information content (AvgIpc) is 3.20. The van der Waals surface area contributed by atoms with Crippen LogP contribution < -0.4 is 4.74 Å². The molecule has 7 rings (SSSR count). The summed E-state index contributed by atoms with van der Waals surface area (Å²) < 4.78 is 8.98. The molecule has 4 fully saturated rings. The average molecular weight is 445 g/mol. The lowest BCUT2D eigenvalue weighted by Crippen LogP contribution is -2.49. The van der Waals surface area contributed by atoms with Crippen LogP contribution in [0.5, 0.6) is 5.75 Å². The largest absolute Gasteiger partial charge is 0.486 e. The Morgan fingerprint density at radius 3 is 2.37 bits per heavy atom. The minimum atomic E-state index is 0.214. The smallest absolute Gasteiger partial charge is 0.234 e. The van der Waals surface area contributed by atoms with E-state index in [0.717, 1.165) is 43.8 Å². The summed E-state index contributed by atoms with van der Waals surface area (Å²) in [5.41, 5.74) is 0.214. The molecule has 2 heterocycles. The van der Waals surface area contributed by atoms with Crippen LogP contribution in [-0.4, -0.2) is 19.8 Å². The number of hydrogen-bond acceptors (Lipinski definition) is 5. The molecule has 0 saturated heterocycles. The zero-order valence-corrected chi connectivity index (χ0v) is 17.4. The summed E-state index contributed by atoms with van der Waals surface area (Å²) in [7, 11) is 0. The SMILES string of the molecule is Brc1ccc(OCc2nn3c(C45CC6CC(CC(C6)C4)C5)nnc3s2)cc1. The highest BCUT2D eigenvalue weighted by Gasteiger charge is 2.54. The maximum Gasteiger partial charge on any atom is 0.234 e. The monoisotopic (exact) mass is 444 g/mol. The van der Waals surface area contributed by atoms with E-state index in [9.17, 15) is 0 Å². The predicted octanol–water partition coefficient (Wildman–Crippen LogP) is 5.00. The van der Waals surface area contributed by atoms with E-state index >= 15 is 0 Å². The number of hydrogen-bond donors (Lipinski definition) is 0. The molecule has 4 aliphatic carbocycles. The molecule has 1 aromatic carbocycles. The summed E-state index contributed by atoms with van der Waals surface area (Å²) in [6, 6.07) is 7.90. The maximum absolute atomic E-state index is 5.90. The van der Waals surface area contributed by atoms with E-state index in [1.807, 2.05) is 28.8 Å². The fourth-order valence-electron chi connectivity index (χ4n) is 6.11. The fraction of sp³-hybridized carbons (Fsp3) is 0.550. The van der Waals surface area contributed by atoms with E-state index in [4.69, 9.17) is 9.84 Å². The second-order valence-electron chi connectivity index (χ2n) is 8.65. The van der Waals surface area contributed by atoms with Gasteiger partial charge in [-0.15, -0.1) is 10.2 Å². The van der Waals surface area contributed by atoms with Crippen molar-refractivity contribution >= 4 is 32.2 Å². The molecule has 0 unspecified atom stereocenters. The molecule has 2 aromatic heterocycles. The first kappa shape index (κ1) is 16.5. The molecular weight excluding hydrogens is 424 g/mol. The third-order valence-corrected chi connectivity index (χ3v) is 8.12. The Kier molecular flexibility index (Phi) is 3.67. The first-order valence-corrected chi connectivity index (χ1v) is 11.4. The number of benzene rings is 1. The Bertz CT molecular complexity index is 960. The van der Waals surface area contributed by atoms with Crippen LogP contribution in [0.3, 0.4) is 0 Å². The zero-order chi connectivity index (χ0) is 18.0. The lowest BCUT2D eigenvalue weighted by molar-refractivity contribution is -0.0103. The van der Waals surface area contributed by atoms with Gasteiger partial charge in [-0.05, 0) is 80.5 Å². The van der Waals surface area contributed by atoms with Crippen molar-refractivity contribution in [2.24, 2.45) is 17.8 Å². The Morgan fingerprint density at radius 1 is 1.04 bits per heavy atom. The normalized spacial score (nSPS) is 31.7. The van der Waals surface area contributed by atoms with Crippen LogP contribution >= 0.6 is 27.3 Å². The highest BCUT2D eigenvalue weighted by Crippen LogP contribution is 2.60. The van der Waals surface area contributed by atoms with Gasteiger partial charge in [0.1, 0.15) is 12.4 Å². The first-order chi connectivity index (χ1) is 13.2. The van der Waals surface area contributed by atoms with Gasteiger partial charge in [0.2, 0.25) is 4.96 Å². The van der Waals surface area contributed by atoms with E-state index in [1.54, 1.807) is 11.3 Å². The van der Waals surface area contributed by atoms with Gasteiger partial charge < -0.3 is 4.74 Å². The van der Waals surface area contributed by atoms with Crippen LogP contribution in [0.4, 0.5) is 0 Å². The molecule has 27 heavy (non-hydrogen) atoms. The Morgan fingerprint density at radius 2 is 1.70 bits per heavy atom. The van der Waals surface area contributed by atoms with Crippen LogP contribution in [0.25, 0.3) is 4.96 Å². The van der Waals surface area contributed by atoms with Crippen LogP contribution in [0.1, 0.15) is 49.4 Å². The van der Waals surface area contributed by atoms with Gasteiger partial charge in [-0.2, -0.15) is 9.61 Å². The molecule has 7 heteroatoms. The third kappa shape index (κ3) is 2.73. The standard InChI is InChI=1S/C20H21BrN4OS/c21-15-1-3-16(4-2-15)26-11-17-24-25-18(22-23-19(25)27-17)20-8-12-5-13(9-20)7-14(6-12)10-20/h1-4,12-14H,5-11H2. The fourth-order valence-corrected chi connectivity index (χ4v) is 7.12. The van der Waals surface area contributed by atoms with E-state index in [-0.39, 0.29) is 5.41 Å². The van der Waals surface area contributed by atoms with Gasteiger partial charge in [0.15, 0.2) is 10.8 Å². The minimum Gasteiger partial charge on any atom is -0.486 e. The Balaban J connectivity index is 1.28. The molecule has 0 aliphatic heterocycles. The Labute approximate surface area is 170 Å². The molecular formula is C20H21BrN4OS. The quantitative estimate of drug-likeness (QED) is 0.568. The topological polar surface area (TPSA) is 52.3 Å². The summed E-state index contributed by atoms with van der Waals surface area (Å²) in [4.78, 5) is 0.898. The second kappa shape index (κ2) is 6.01. The van der Waals surface area contributed by atoms with Gasteiger partial charge >= 0.3 is 0 Å². The van der Waals surface area contributed by atoms with Crippen molar-refractivity contribution < 1.29 is 4.74 Å². The third-order valence-electron chi connectivity index (χ3n) is 6.72. The van der Waals surface area contributed by atoms with E-state index in [0.29, 0.717) is 6.61 Å². The van der Waals surface area contributed by atoms with E-state index < -0.39 is 0 Å². The summed E-state index contributed by atoms with van der Waals surface area (Å²) >= 11 is 5.04. The molecule has 5 nitrogen and oxygen atoms in total. The summed E-state index contributed by atoms with van der Waals surface area (Å²) in [6.07, 6.45) is 8.14. The molecule has 0 amide bonds. The first-order valence-electron chi connectivity index (χ1n) is 9.77. The summed E-state index contributed by atoms with van der Waals surface area (Å²) in [5, 5.41) is 14.9. The van der Waals surface area contributed by atoms with Crippen molar-refractivity contribution in [3.05, 3.63) is 39.6 Å². The predicted molar refractivity (Wildman–Crippen MR) is 107 cm³/mol. The molecule has 0 N–H and O–H groups in total. The Hall–Kier alpha value is -1.47. The number of fused-ring (bicyclic) bond motifs is 1. The number of halogens is 1. The van der Waals surface area contributed by atoms with Crippen LogP contribution in [0, 0.1) is 17.8 Å². The van der Waals surface area contributed by atoms with Crippen molar-refractivity contribution in [3.63, 3.8) is 0 Å². The van der Waals surface area contributed by atoms with E-state index in [2.05, 4.69) is 26.1 Å². The van der Waals surface area contributed by atoms with Gasteiger partial charge in [-0.25, -0.2) is 0 Å². The summed E-state index contributed by atoms with van der Waals surface area (Å²) in [6.45, 7) is 0.468. The van der Waals surface area contributed by atoms with Gasteiger partial charge in [0.25, 0.3) is 0 Å². The molecule has 0 radical (unpaired) electrons. The van der Waals surface area contributed by atoms with Crippen molar-refractivity contribution in [3.8, 4) is 5.75 Å². The maximum atomic E-state index is 5.90. The highest BCUT2D eigenvalue weighted by atomic mass is 79.9. The lowest BCUT2D eigenvalue weighted by Gasteiger charge is -2.55. The minimum absolute atomic E-state index is 0.214. The molecule has 140 valence electrons. The molecule has 4 aliphatic rings. The van der Waals surface area contributed by atoms with Gasteiger partial charge in [0, 0.05) is 9.89 Å². The summed E-state index contributed by atoms with van der Waals surface area (Å²) in [5.74, 6) is 4.64. The highest BCUT2D eigenvalue weighted by molar-refractivity contribution is 9.10. The van der Waals surface area contributed by atoms with Gasteiger partial charge in [-0.3, -0.25) is 0 Å². The van der Waals surface area contributed by atoms with Crippen molar-refractivity contribution in [2.45, 2.75) is 50.5 Å². The van der Waals surface area contributed by atoms with Gasteiger partial charge in [-0.1, -0.05) is 27.3 Å². The van der Waals surface area contributed by atoms with Crippen molar-refractivity contribution in [1.29, 1.82) is 0 Å². The molecule has 4 bridgehead atoms. The second-order valence-corrected chi connectivity index (χ2v) is 10.6. The van der Waals surface area contributed by atoms with E-state index in [1.165, 1.54) is 38.5 Å². The lowest BCUT2D eigenvalue weighted by atomic mass is 9.49. The molecule has 0 spiro atoms. The number of aromatic nitrogens is 4. The van der Waals surface area contributed by atoms with Crippen molar-refractivity contribution in [2.75, 3.05) is 0 Å². The van der Waals surface area contributed by atoms with Crippen molar-refractivity contribution in [1.82, 2.24) is 19.8 Å². The van der Waals surface area contributed by atoms with Crippen LogP contribution in [0.2, 0.25) is 0 Å². The zero-order valence-electron chi connectivity index (χ0n) is 15.0. The number of nitrogens with zero attached hydrogens (tertiary/aromatic N) is 4. The number of rotatable bonds is 4. The molecule has 4 saturated carbocycles. The molecule has 3 aromatic rings.